The molecule has 0 aliphatic carbocycles. The SMILES string of the molecule is CC(C)c1cc2c(-c3ccccc3)cccc2[cH-]1.Cc1cc2c(-c3ccccc3C)ccc(C)c2[cH-]1.Cl.Cl.[CH3-].[CH3-].[Si]=[Zr]. The van der Waals surface area contributed by atoms with Crippen molar-refractivity contribution in [3.05, 3.63) is 146 Å². The predicted molar refractivity (Wildman–Crippen MR) is 191 cm³/mol. The van der Waals surface area contributed by atoms with Crippen molar-refractivity contribution >= 4 is 53.2 Å². The summed E-state index contributed by atoms with van der Waals surface area (Å²) in [5.74, 6) is 0.584. The van der Waals surface area contributed by atoms with Gasteiger partial charge in [0.15, 0.2) is 0 Å². The monoisotopic (exact) mass is 686 g/mol. The van der Waals surface area contributed by atoms with Crippen LogP contribution in [-0.4, -0.2) is 6.88 Å². The molecule has 0 heterocycles. The van der Waals surface area contributed by atoms with Crippen LogP contribution in [0.1, 0.15) is 42.0 Å². The van der Waals surface area contributed by atoms with Crippen molar-refractivity contribution in [1.29, 1.82) is 0 Å². The molecule has 0 saturated carbocycles. The summed E-state index contributed by atoms with van der Waals surface area (Å²) < 4.78 is 0. The zero-order valence-electron chi connectivity index (χ0n) is 25.8. The Balaban J connectivity index is 0.000000694. The third-order valence-electron chi connectivity index (χ3n) is 7.21. The van der Waals surface area contributed by atoms with Gasteiger partial charge in [0, 0.05) is 0 Å². The Kier molecular flexibility index (Phi) is 17.5. The molecule has 6 aromatic rings. The van der Waals surface area contributed by atoms with Crippen LogP contribution in [0.2, 0.25) is 0 Å². The van der Waals surface area contributed by atoms with Gasteiger partial charge in [-0.15, -0.1) is 93.4 Å². The van der Waals surface area contributed by atoms with Gasteiger partial charge in [0.1, 0.15) is 0 Å². The standard InChI is InChI=1S/2C18H17.2CH3.2ClH.Si.Zr/c1-12-10-17-14(3)8-9-16(18(17)11-12)15-7-5-4-6-13(15)2;1-13(2)16-11-15-9-6-10-17(18(15)12-16)14-7-4-3-5-8-14;;;;;;/h4-11H,1-3H3;3-13H,1-2H3;2*1H3;2*1H;;/q4*-1;;;;. The molecular weight excluding hydrogens is 647 g/mol. The number of hydrogen-bond donors (Lipinski definition) is 0. The minimum atomic E-state index is 0. The molecular formula is C38H42Cl2SiZr-4. The summed E-state index contributed by atoms with van der Waals surface area (Å²) in [7, 11) is 0. The third-order valence-corrected chi connectivity index (χ3v) is 7.21. The summed E-state index contributed by atoms with van der Waals surface area (Å²) in [6.45, 7) is 14.1. The Hall–Kier alpha value is -2.22. The van der Waals surface area contributed by atoms with Crippen molar-refractivity contribution in [3.8, 4) is 22.3 Å². The fraction of sp³-hybridized carbons (Fsp3) is 0.158. The molecule has 42 heavy (non-hydrogen) atoms. The molecule has 0 amide bonds. The molecule has 0 unspecified atom stereocenters. The molecule has 0 N–H and O–H groups in total. The van der Waals surface area contributed by atoms with Crippen LogP contribution < -0.4 is 0 Å². The third kappa shape index (κ3) is 8.90. The van der Waals surface area contributed by atoms with Crippen molar-refractivity contribution in [2.24, 2.45) is 0 Å². The van der Waals surface area contributed by atoms with Gasteiger partial charge in [-0.25, -0.2) is 0 Å². The zero-order chi connectivity index (χ0) is 27.2. The second-order valence-corrected chi connectivity index (χ2v) is 10.2. The van der Waals surface area contributed by atoms with E-state index in [4.69, 9.17) is 0 Å². The van der Waals surface area contributed by atoms with Crippen LogP contribution in [0.3, 0.4) is 0 Å². The Morgan fingerprint density at radius 1 is 0.595 bits per heavy atom. The van der Waals surface area contributed by atoms with E-state index < -0.39 is 0 Å². The van der Waals surface area contributed by atoms with Crippen LogP contribution in [0.4, 0.5) is 0 Å². The molecule has 0 aromatic heterocycles. The van der Waals surface area contributed by atoms with Gasteiger partial charge in [0.05, 0.1) is 0 Å². The van der Waals surface area contributed by atoms with E-state index in [2.05, 4.69) is 151 Å². The van der Waals surface area contributed by atoms with Gasteiger partial charge in [0.25, 0.3) is 0 Å². The van der Waals surface area contributed by atoms with E-state index in [1.54, 1.807) is 0 Å². The van der Waals surface area contributed by atoms with Gasteiger partial charge in [-0.1, -0.05) is 106 Å². The molecule has 0 atom stereocenters. The predicted octanol–water partition coefficient (Wildman–Crippen LogP) is 11.9. The van der Waals surface area contributed by atoms with Gasteiger partial charge >= 0.3 is 30.2 Å². The Morgan fingerprint density at radius 2 is 1.21 bits per heavy atom. The number of fused-ring (bicyclic) bond motifs is 2. The summed E-state index contributed by atoms with van der Waals surface area (Å²) in [4.78, 5) is 0. The van der Waals surface area contributed by atoms with Crippen molar-refractivity contribution in [2.75, 3.05) is 0 Å². The van der Waals surface area contributed by atoms with Crippen LogP contribution in [0.25, 0.3) is 43.8 Å². The van der Waals surface area contributed by atoms with E-state index in [9.17, 15) is 0 Å². The quantitative estimate of drug-likeness (QED) is 0.128. The first-order valence-electron chi connectivity index (χ1n) is 13.1. The van der Waals surface area contributed by atoms with E-state index in [1.165, 1.54) is 89.4 Å². The van der Waals surface area contributed by atoms with Crippen LogP contribution >= 0.6 is 24.8 Å². The van der Waals surface area contributed by atoms with E-state index in [-0.39, 0.29) is 39.7 Å². The Bertz CT molecular complexity index is 1660. The molecule has 0 aliphatic heterocycles. The van der Waals surface area contributed by atoms with Gasteiger partial charge in [-0.2, -0.15) is 12.1 Å². The minimum absolute atomic E-state index is 0. The summed E-state index contributed by atoms with van der Waals surface area (Å²) >= 11 is 1.36. The van der Waals surface area contributed by atoms with Crippen LogP contribution in [-0.2, 0) is 23.3 Å². The summed E-state index contributed by atoms with van der Waals surface area (Å²) in [5, 5.41) is 5.47. The van der Waals surface area contributed by atoms with Crippen molar-refractivity contribution in [2.45, 2.75) is 40.5 Å². The zero-order valence-corrected chi connectivity index (χ0v) is 30.9. The van der Waals surface area contributed by atoms with Gasteiger partial charge < -0.3 is 14.9 Å². The first-order valence-corrected chi connectivity index (χ1v) is 17.3. The number of halogens is 2. The van der Waals surface area contributed by atoms with Crippen molar-refractivity contribution in [3.63, 3.8) is 0 Å². The Labute approximate surface area is 283 Å². The molecule has 220 valence electrons. The second kappa shape index (κ2) is 18.4. The summed E-state index contributed by atoms with van der Waals surface area (Å²) in [6.07, 6.45) is 0. The summed E-state index contributed by atoms with van der Waals surface area (Å²) in [5.41, 5.74) is 10.8. The van der Waals surface area contributed by atoms with Crippen molar-refractivity contribution in [1.82, 2.24) is 0 Å². The average Bonchev–Trinajstić information content (AvgIpc) is 3.56. The van der Waals surface area contributed by atoms with Crippen LogP contribution in [0.15, 0.2) is 109 Å². The second-order valence-electron chi connectivity index (χ2n) is 10.2. The average molecular weight is 689 g/mol. The molecule has 0 saturated heterocycles. The fourth-order valence-electron chi connectivity index (χ4n) is 5.16. The van der Waals surface area contributed by atoms with E-state index in [0.29, 0.717) is 5.92 Å². The van der Waals surface area contributed by atoms with Gasteiger partial charge in [-0.3, -0.25) is 0 Å². The normalized spacial score (nSPS) is 9.64. The molecule has 0 spiro atoms. The maximum absolute atomic E-state index is 3.06. The Morgan fingerprint density at radius 3 is 1.86 bits per heavy atom. The molecule has 2 radical (unpaired) electrons. The topological polar surface area (TPSA) is 0 Å². The molecule has 6 aromatic carbocycles. The van der Waals surface area contributed by atoms with Gasteiger partial charge in [0.2, 0.25) is 0 Å². The molecule has 4 heteroatoms. The van der Waals surface area contributed by atoms with E-state index >= 15 is 0 Å². The molecule has 0 nitrogen and oxygen atoms in total. The fourth-order valence-corrected chi connectivity index (χ4v) is 5.16. The molecule has 6 rings (SSSR count). The first kappa shape index (κ1) is 39.8. The van der Waals surface area contributed by atoms with E-state index in [0.717, 1.165) is 0 Å². The number of aryl methyl sites for hydroxylation is 3. The van der Waals surface area contributed by atoms with Crippen LogP contribution in [0.5, 0.6) is 0 Å². The molecule has 0 aliphatic rings. The van der Waals surface area contributed by atoms with Gasteiger partial charge in [-0.05, 0) is 29.5 Å². The maximum atomic E-state index is 3.06. The van der Waals surface area contributed by atoms with E-state index in [1.807, 2.05) is 0 Å². The number of benzene rings is 4. The van der Waals surface area contributed by atoms with Crippen LogP contribution in [0, 0.1) is 35.6 Å². The molecule has 0 fully saturated rings. The first-order chi connectivity index (χ1) is 18.4. The number of hydrogen-bond acceptors (Lipinski definition) is 0. The molecule has 0 bridgehead atoms. The van der Waals surface area contributed by atoms with Crippen molar-refractivity contribution < 1.29 is 23.3 Å². The number of rotatable bonds is 3. The summed E-state index contributed by atoms with van der Waals surface area (Å²) in [6, 6.07) is 39.5.